The average molecular weight is 277 g/mol. The van der Waals surface area contributed by atoms with E-state index in [9.17, 15) is 9.90 Å². The van der Waals surface area contributed by atoms with Crippen LogP contribution in [0.15, 0.2) is 18.3 Å². The van der Waals surface area contributed by atoms with E-state index in [-0.39, 0.29) is 11.8 Å². The van der Waals surface area contributed by atoms with Gasteiger partial charge in [0.15, 0.2) is 0 Å². The molecule has 0 aliphatic carbocycles. The third-order valence-electron chi connectivity index (χ3n) is 3.88. The summed E-state index contributed by atoms with van der Waals surface area (Å²) in [6.07, 6.45) is 2.76. The topological polar surface area (TPSA) is 56.7 Å². The molecule has 2 atom stereocenters. The Morgan fingerprint density at radius 3 is 2.75 bits per heavy atom. The van der Waals surface area contributed by atoms with Crippen LogP contribution in [0.3, 0.4) is 0 Å². The van der Waals surface area contributed by atoms with Gasteiger partial charge in [0.2, 0.25) is 5.91 Å². The molecule has 1 aliphatic heterocycles. The first-order valence-corrected chi connectivity index (χ1v) is 7.09. The molecule has 1 aliphatic rings. The first kappa shape index (κ1) is 14.8. The van der Waals surface area contributed by atoms with Crippen LogP contribution in [0, 0.1) is 5.92 Å². The molecule has 1 amide bonds. The molecule has 0 bridgehead atoms. The van der Waals surface area contributed by atoms with Crippen molar-refractivity contribution < 1.29 is 9.90 Å². The summed E-state index contributed by atoms with van der Waals surface area (Å²) in [4.78, 5) is 19.8. The van der Waals surface area contributed by atoms with E-state index in [4.69, 9.17) is 0 Å². The van der Waals surface area contributed by atoms with Crippen molar-refractivity contribution in [1.29, 1.82) is 0 Å². The molecule has 0 spiro atoms. The van der Waals surface area contributed by atoms with Gasteiger partial charge < -0.3 is 14.9 Å². The zero-order valence-electron chi connectivity index (χ0n) is 12.4. The number of aliphatic hydroxyl groups excluding tert-OH is 1. The summed E-state index contributed by atoms with van der Waals surface area (Å²) in [5.41, 5.74) is 1.20. The number of rotatable bonds is 4. The molecule has 20 heavy (non-hydrogen) atoms. The molecule has 1 N–H and O–H groups in total. The minimum atomic E-state index is -0.466. The standard InChI is InChI=1S/C15H23N3O2/c1-4-11-5-6-14(16-8-11)18-9-12(13(19)10-18)7-15(20)17(2)3/h5-6,8,12-13,19H,4,7,9-10H2,1-3H3/t12-,13-/m1/s1. The van der Waals surface area contributed by atoms with Crippen LogP contribution in [0.2, 0.25) is 0 Å². The van der Waals surface area contributed by atoms with E-state index >= 15 is 0 Å². The molecule has 5 nitrogen and oxygen atoms in total. The van der Waals surface area contributed by atoms with Gasteiger partial charge in [-0.1, -0.05) is 13.0 Å². The van der Waals surface area contributed by atoms with E-state index in [0.29, 0.717) is 19.5 Å². The second-order valence-corrected chi connectivity index (χ2v) is 5.60. The molecule has 1 aromatic rings. The molecule has 1 saturated heterocycles. The van der Waals surface area contributed by atoms with Crippen LogP contribution in [0.1, 0.15) is 18.9 Å². The van der Waals surface area contributed by atoms with Gasteiger partial charge in [-0.05, 0) is 18.1 Å². The Hall–Kier alpha value is -1.62. The highest BCUT2D eigenvalue weighted by atomic mass is 16.3. The molecular formula is C15H23N3O2. The van der Waals surface area contributed by atoms with Crippen molar-refractivity contribution in [3.63, 3.8) is 0 Å². The van der Waals surface area contributed by atoms with Crippen LogP contribution >= 0.6 is 0 Å². The number of nitrogens with zero attached hydrogens (tertiary/aromatic N) is 3. The van der Waals surface area contributed by atoms with E-state index in [1.807, 2.05) is 12.3 Å². The van der Waals surface area contributed by atoms with Crippen molar-refractivity contribution in [2.24, 2.45) is 5.92 Å². The Labute approximate surface area is 120 Å². The molecular weight excluding hydrogens is 254 g/mol. The van der Waals surface area contributed by atoms with Gasteiger partial charge in [-0.3, -0.25) is 4.79 Å². The normalized spacial score (nSPS) is 22.1. The number of aliphatic hydroxyl groups is 1. The highest BCUT2D eigenvalue weighted by molar-refractivity contribution is 5.76. The summed E-state index contributed by atoms with van der Waals surface area (Å²) in [5, 5.41) is 10.1. The van der Waals surface area contributed by atoms with Crippen molar-refractivity contribution >= 4 is 11.7 Å². The molecule has 1 fully saturated rings. The SMILES string of the molecule is CCc1ccc(N2C[C@@H](CC(=O)N(C)C)[C@H](O)C2)nc1. The van der Waals surface area contributed by atoms with Crippen LogP contribution in [0.5, 0.6) is 0 Å². The van der Waals surface area contributed by atoms with Gasteiger partial charge in [-0.25, -0.2) is 4.98 Å². The number of amides is 1. The fourth-order valence-electron chi connectivity index (χ4n) is 2.46. The van der Waals surface area contributed by atoms with Crippen molar-refractivity contribution in [2.75, 3.05) is 32.1 Å². The van der Waals surface area contributed by atoms with E-state index in [1.54, 1.807) is 19.0 Å². The second-order valence-electron chi connectivity index (χ2n) is 5.60. The lowest BCUT2D eigenvalue weighted by Crippen LogP contribution is -2.28. The van der Waals surface area contributed by atoms with Gasteiger partial charge in [0, 0.05) is 45.7 Å². The van der Waals surface area contributed by atoms with Gasteiger partial charge in [0.25, 0.3) is 0 Å². The highest BCUT2D eigenvalue weighted by Crippen LogP contribution is 2.25. The number of carbonyl (C=O) groups excluding carboxylic acids is 1. The number of carbonyl (C=O) groups is 1. The molecule has 110 valence electrons. The summed E-state index contributed by atoms with van der Waals surface area (Å²) in [5.74, 6) is 0.920. The average Bonchev–Trinajstić information content (AvgIpc) is 2.80. The Balaban J connectivity index is 2.00. The number of pyridine rings is 1. The maximum absolute atomic E-state index is 11.8. The van der Waals surface area contributed by atoms with Crippen molar-refractivity contribution in [1.82, 2.24) is 9.88 Å². The van der Waals surface area contributed by atoms with E-state index in [0.717, 1.165) is 12.2 Å². The minimum Gasteiger partial charge on any atom is -0.391 e. The third kappa shape index (κ3) is 3.28. The van der Waals surface area contributed by atoms with Crippen LogP contribution in [-0.2, 0) is 11.2 Å². The van der Waals surface area contributed by atoms with Crippen molar-refractivity contribution in [3.8, 4) is 0 Å². The maximum atomic E-state index is 11.8. The minimum absolute atomic E-state index is 0.0162. The van der Waals surface area contributed by atoms with Crippen molar-refractivity contribution in [3.05, 3.63) is 23.9 Å². The lowest BCUT2D eigenvalue weighted by atomic mass is 10.0. The molecule has 0 saturated carbocycles. The lowest BCUT2D eigenvalue weighted by molar-refractivity contribution is -0.130. The molecule has 1 aromatic heterocycles. The summed E-state index contributed by atoms with van der Waals surface area (Å²) in [6, 6.07) is 4.05. The predicted octanol–water partition coefficient (Wildman–Crippen LogP) is 0.919. The summed E-state index contributed by atoms with van der Waals surface area (Å²) >= 11 is 0. The monoisotopic (exact) mass is 277 g/mol. The number of anilines is 1. The lowest BCUT2D eigenvalue weighted by Gasteiger charge is -2.18. The Bertz CT molecular complexity index is 459. The fraction of sp³-hybridized carbons (Fsp3) is 0.600. The molecule has 5 heteroatoms. The predicted molar refractivity (Wildman–Crippen MR) is 78.6 cm³/mol. The van der Waals surface area contributed by atoms with E-state index < -0.39 is 6.10 Å². The fourth-order valence-corrected chi connectivity index (χ4v) is 2.46. The Morgan fingerprint density at radius 1 is 1.45 bits per heavy atom. The smallest absolute Gasteiger partial charge is 0.222 e. The van der Waals surface area contributed by atoms with E-state index in [1.165, 1.54) is 5.56 Å². The Morgan fingerprint density at radius 2 is 2.20 bits per heavy atom. The number of hydrogen-bond acceptors (Lipinski definition) is 4. The third-order valence-corrected chi connectivity index (χ3v) is 3.88. The zero-order chi connectivity index (χ0) is 14.7. The van der Waals surface area contributed by atoms with Crippen LogP contribution in [0.25, 0.3) is 0 Å². The van der Waals surface area contributed by atoms with Gasteiger partial charge >= 0.3 is 0 Å². The van der Waals surface area contributed by atoms with Gasteiger partial charge in [-0.15, -0.1) is 0 Å². The highest BCUT2D eigenvalue weighted by Gasteiger charge is 2.33. The number of hydrogen-bond donors (Lipinski definition) is 1. The van der Waals surface area contributed by atoms with Gasteiger partial charge in [-0.2, -0.15) is 0 Å². The number of aryl methyl sites for hydroxylation is 1. The summed E-state index contributed by atoms with van der Waals surface area (Å²) in [7, 11) is 3.49. The number of aromatic nitrogens is 1. The van der Waals surface area contributed by atoms with Crippen LogP contribution < -0.4 is 4.90 Å². The first-order valence-electron chi connectivity index (χ1n) is 7.09. The number of β-amino-alcohol motifs (C(OH)–C–C–N with tert-alkyl or cyclic N) is 1. The first-order chi connectivity index (χ1) is 9.51. The van der Waals surface area contributed by atoms with Crippen molar-refractivity contribution in [2.45, 2.75) is 25.9 Å². The van der Waals surface area contributed by atoms with E-state index in [2.05, 4.69) is 22.9 Å². The maximum Gasteiger partial charge on any atom is 0.222 e. The van der Waals surface area contributed by atoms with Crippen LogP contribution in [-0.4, -0.2) is 54.2 Å². The quantitative estimate of drug-likeness (QED) is 0.889. The largest absolute Gasteiger partial charge is 0.391 e. The van der Waals surface area contributed by atoms with Crippen LogP contribution in [0.4, 0.5) is 5.82 Å². The second kappa shape index (κ2) is 6.22. The summed E-state index contributed by atoms with van der Waals surface area (Å²) < 4.78 is 0. The van der Waals surface area contributed by atoms with Gasteiger partial charge in [0.05, 0.1) is 6.10 Å². The zero-order valence-corrected chi connectivity index (χ0v) is 12.4. The summed E-state index contributed by atoms with van der Waals surface area (Å²) in [6.45, 7) is 3.32. The molecule has 2 heterocycles. The molecule has 0 aromatic carbocycles. The molecule has 0 unspecified atom stereocenters. The van der Waals surface area contributed by atoms with Gasteiger partial charge in [0.1, 0.15) is 5.82 Å². The Kier molecular flexibility index (Phi) is 4.60. The molecule has 0 radical (unpaired) electrons. The molecule has 2 rings (SSSR count).